The molecule has 0 unspecified atom stereocenters. The van der Waals surface area contributed by atoms with Gasteiger partial charge in [-0.3, -0.25) is 10.1 Å². The Morgan fingerprint density at radius 2 is 1.62 bits per heavy atom. The number of nitro benzene ring substituents is 1. The Morgan fingerprint density at radius 3 is 2.34 bits per heavy atom. The van der Waals surface area contributed by atoms with E-state index < -0.39 is 4.92 Å². The third-order valence-corrected chi connectivity index (χ3v) is 5.53. The van der Waals surface area contributed by atoms with Gasteiger partial charge < -0.3 is 4.98 Å². The highest BCUT2D eigenvalue weighted by molar-refractivity contribution is 6.43. The Balaban J connectivity index is 1.95. The topological polar surface area (TPSA) is 71.8 Å². The first-order valence-electron chi connectivity index (χ1n) is 8.50. The second-order valence-corrected chi connectivity index (χ2v) is 7.39. The summed E-state index contributed by atoms with van der Waals surface area (Å²) in [5.41, 5.74) is 3.20. The lowest BCUT2D eigenvalue weighted by Gasteiger charge is -2.06. The van der Waals surface area contributed by atoms with Crippen molar-refractivity contribution in [1.82, 2.24) is 9.97 Å². The average molecular weight is 445 g/mol. The van der Waals surface area contributed by atoms with Gasteiger partial charge in [-0.2, -0.15) is 0 Å². The minimum absolute atomic E-state index is 0.0618. The van der Waals surface area contributed by atoms with Gasteiger partial charge in [0.25, 0.3) is 5.69 Å². The first-order chi connectivity index (χ1) is 14.0. The van der Waals surface area contributed by atoms with Gasteiger partial charge in [0.05, 0.1) is 26.4 Å². The van der Waals surface area contributed by atoms with Crippen molar-refractivity contribution >= 4 is 40.5 Å². The molecule has 0 amide bonds. The molecule has 0 aliphatic heterocycles. The zero-order chi connectivity index (χ0) is 20.5. The van der Waals surface area contributed by atoms with Crippen LogP contribution in [0.4, 0.5) is 5.69 Å². The summed E-state index contributed by atoms with van der Waals surface area (Å²) in [6, 6.07) is 19.4. The molecule has 0 radical (unpaired) electrons. The van der Waals surface area contributed by atoms with E-state index in [4.69, 9.17) is 39.8 Å². The first-order valence-corrected chi connectivity index (χ1v) is 9.63. The number of nitrogens with one attached hydrogen (secondary N) is 1. The van der Waals surface area contributed by atoms with Crippen molar-refractivity contribution in [2.75, 3.05) is 0 Å². The van der Waals surface area contributed by atoms with Crippen LogP contribution in [0.25, 0.3) is 33.9 Å². The monoisotopic (exact) mass is 443 g/mol. The van der Waals surface area contributed by atoms with E-state index in [1.807, 2.05) is 36.4 Å². The number of hydrogen-bond donors (Lipinski definition) is 1. The van der Waals surface area contributed by atoms with E-state index in [9.17, 15) is 10.1 Å². The van der Waals surface area contributed by atoms with Gasteiger partial charge >= 0.3 is 0 Å². The Hall–Kier alpha value is -2.86. The van der Waals surface area contributed by atoms with Crippen molar-refractivity contribution in [2.24, 2.45) is 0 Å². The minimum atomic E-state index is -0.526. The SMILES string of the molecule is O=[N+]([O-])c1cc(-c2nc(-c3ccccc3)c(-c3cccc(Cl)c3Cl)[nH]2)ccc1Cl. The van der Waals surface area contributed by atoms with Crippen LogP contribution >= 0.6 is 34.8 Å². The number of nitrogens with zero attached hydrogens (tertiary/aromatic N) is 2. The van der Waals surface area contributed by atoms with Crippen molar-refractivity contribution in [2.45, 2.75) is 0 Å². The molecular weight excluding hydrogens is 433 g/mol. The highest BCUT2D eigenvalue weighted by Gasteiger charge is 2.20. The Labute approximate surface area is 181 Å². The third-order valence-electron chi connectivity index (χ3n) is 4.39. The second kappa shape index (κ2) is 7.87. The maximum Gasteiger partial charge on any atom is 0.288 e. The molecule has 0 aliphatic rings. The van der Waals surface area contributed by atoms with Gasteiger partial charge in [-0.25, -0.2) is 4.98 Å². The Bertz CT molecular complexity index is 1220. The summed E-state index contributed by atoms with van der Waals surface area (Å²) in [5.74, 6) is 0.453. The highest BCUT2D eigenvalue weighted by Crippen LogP contribution is 2.39. The van der Waals surface area contributed by atoms with Crippen LogP contribution in [-0.2, 0) is 0 Å². The van der Waals surface area contributed by atoms with E-state index in [1.54, 1.807) is 18.2 Å². The predicted molar refractivity (Wildman–Crippen MR) is 117 cm³/mol. The molecule has 3 aromatic carbocycles. The van der Waals surface area contributed by atoms with Gasteiger partial charge in [-0.05, 0) is 18.2 Å². The molecule has 4 rings (SSSR count). The summed E-state index contributed by atoms with van der Waals surface area (Å²) in [4.78, 5) is 18.7. The summed E-state index contributed by atoms with van der Waals surface area (Å²) in [6.07, 6.45) is 0. The summed E-state index contributed by atoms with van der Waals surface area (Å²) in [7, 11) is 0. The predicted octanol–water partition coefficient (Wildman–Crippen LogP) is 7.28. The van der Waals surface area contributed by atoms with Gasteiger partial charge in [0, 0.05) is 22.8 Å². The third kappa shape index (κ3) is 3.72. The summed E-state index contributed by atoms with van der Waals surface area (Å²) < 4.78 is 0. The summed E-state index contributed by atoms with van der Waals surface area (Å²) >= 11 is 18.6. The van der Waals surface area contributed by atoms with Crippen LogP contribution in [0.3, 0.4) is 0 Å². The fraction of sp³-hybridized carbons (Fsp3) is 0. The molecule has 0 aliphatic carbocycles. The van der Waals surface area contributed by atoms with Crippen LogP contribution in [0.2, 0.25) is 15.1 Å². The lowest BCUT2D eigenvalue weighted by atomic mass is 10.1. The van der Waals surface area contributed by atoms with Crippen LogP contribution in [0.15, 0.2) is 66.7 Å². The molecule has 4 aromatic rings. The fourth-order valence-electron chi connectivity index (χ4n) is 3.01. The standard InChI is InChI=1S/C21H12Cl3N3O2/c22-15-10-9-13(11-17(15)27(28)29)21-25-19(12-5-2-1-3-6-12)20(26-21)14-7-4-8-16(23)18(14)24/h1-11H,(H,25,26). The molecule has 0 saturated heterocycles. The first kappa shape index (κ1) is 19.5. The van der Waals surface area contributed by atoms with Crippen molar-refractivity contribution in [3.63, 3.8) is 0 Å². The van der Waals surface area contributed by atoms with Crippen molar-refractivity contribution < 1.29 is 4.92 Å². The van der Waals surface area contributed by atoms with Crippen LogP contribution in [0.5, 0.6) is 0 Å². The fourth-order valence-corrected chi connectivity index (χ4v) is 3.59. The number of benzene rings is 3. The maximum absolute atomic E-state index is 11.3. The number of halogens is 3. The van der Waals surface area contributed by atoms with Gasteiger partial charge in [0.2, 0.25) is 0 Å². The van der Waals surface area contributed by atoms with E-state index in [0.29, 0.717) is 38.4 Å². The van der Waals surface area contributed by atoms with Gasteiger partial charge in [0.15, 0.2) is 0 Å². The smallest absolute Gasteiger partial charge is 0.288 e. The molecule has 5 nitrogen and oxygen atoms in total. The van der Waals surface area contributed by atoms with Gasteiger partial charge in [-0.15, -0.1) is 0 Å². The largest absolute Gasteiger partial charge is 0.337 e. The number of aromatic amines is 1. The van der Waals surface area contributed by atoms with Crippen molar-refractivity contribution in [1.29, 1.82) is 0 Å². The molecule has 0 bridgehead atoms. The molecule has 0 fully saturated rings. The normalized spacial score (nSPS) is 10.9. The molecule has 0 spiro atoms. The van der Waals surface area contributed by atoms with E-state index >= 15 is 0 Å². The van der Waals surface area contributed by atoms with Crippen LogP contribution < -0.4 is 0 Å². The maximum atomic E-state index is 11.3. The van der Waals surface area contributed by atoms with Crippen LogP contribution in [0, 0.1) is 10.1 Å². The molecule has 144 valence electrons. The summed E-state index contributed by atoms with van der Waals surface area (Å²) in [6.45, 7) is 0. The molecule has 1 aromatic heterocycles. The molecule has 1 heterocycles. The zero-order valence-electron chi connectivity index (χ0n) is 14.7. The van der Waals surface area contributed by atoms with Crippen molar-refractivity contribution in [3.05, 3.63) is 91.9 Å². The number of imidazole rings is 1. The van der Waals surface area contributed by atoms with E-state index in [0.717, 1.165) is 5.56 Å². The Kier molecular flexibility index (Phi) is 5.28. The Morgan fingerprint density at radius 1 is 0.862 bits per heavy atom. The van der Waals surface area contributed by atoms with Gasteiger partial charge in [0.1, 0.15) is 10.8 Å². The quantitative estimate of drug-likeness (QED) is 0.265. The van der Waals surface area contributed by atoms with Gasteiger partial charge in [-0.1, -0.05) is 77.3 Å². The zero-order valence-corrected chi connectivity index (χ0v) is 17.0. The summed E-state index contributed by atoms with van der Waals surface area (Å²) in [5, 5.41) is 12.1. The van der Waals surface area contributed by atoms with E-state index in [1.165, 1.54) is 12.1 Å². The van der Waals surface area contributed by atoms with Crippen LogP contribution in [-0.4, -0.2) is 14.9 Å². The molecule has 0 saturated carbocycles. The minimum Gasteiger partial charge on any atom is -0.337 e. The molecule has 8 heteroatoms. The molecular formula is C21H12Cl3N3O2. The second-order valence-electron chi connectivity index (χ2n) is 6.20. The number of aromatic nitrogens is 2. The number of hydrogen-bond acceptors (Lipinski definition) is 3. The lowest BCUT2D eigenvalue weighted by molar-refractivity contribution is -0.384. The lowest BCUT2D eigenvalue weighted by Crippen LogP contribution is -1.90. The van der Waals surface area contributed by atoms with Crippen LogP contribution in [0.1, 0.15) is 0 Å². The number of nitro groups is 1. The van der Waals surface area contributed by atoms with E-state index in [-0.39, 0.29) is 10.7 Å². The average Bonchev–Trinajstić information content (AvgIpc) is 3.16. The number of rotatable bonds is 4. The van der Waals surface area contributed by atoms with Crippen molar-refractivity contribution in [3.8, 4) is 33.9 Å². The highest BCUT2D eigenvalue weighted by atomic mass is 35.5. The number of H-pyrrole nitrogens is 1. The molecule has 29 heavy (non-hydrogen) atoms. The molecule has 0 atom stereocenters. The molecule has 1 N–H and O–H groups in total. The van der Waals surface area contributed by atoms with E-state index in [2.05, 4.69) is 4.98 Å².